The summed E-state index contributed by atoms with van der Waals surface area (Å²) in [4.78, 5) is 25.4. The Morgan fingerprint density at radius 2 is 1.68 bits per heavy atom. The fourth-order valence-corrected chi connectivity index (χ4v) is 2.67. The van der Waals surface area contributed by atoms with E-state index >= 15 is 0 Å². The predicted molar refractivity (Wildman–Crippen MR) is 107 cm³/mol. The van der Waals surface area contributed by atoms with Crippen molar-refractivity contribution in [2.24, 2.45) is 0 Å². The van der Waals surface area contributed by atoms with E-state index in [0.29, 0.717) is 6.07 Å². The SMILES string of the molecule is CC(C)(C)N(NC(=O)Nc1cc(F)c(F)cc1F)C(=O)c1cc(Cl)cc(OCCF)c1. The summed E-state index contributed by atoms with van der Waals surface area (Å²) in [5, 5.41) is 3.10. The van der Waals surface area contributed by atoms with Crippen molar-refractivity contribution in [2.45, 2.75) is 26.3 Å². The Hall–Kier alpha value is -3.01. The van der Waals surface area contributed by atoms with Crippen LogP contribution < -0.4 is 15.5 Å². The molecule has 0 radical (unpaired) electrons. The summed E-state index contributed by atoms with van der Waals surface area (Å²) in [5.74, 6) is -4.54. The maximum absolute atomic E-state index is 13.8. The average Bonchev–Trinajstić information content (AvgIpc) is 2.67. The quantitative estimate of drug-likeness (QED) is 0.370. The van der Waals surface area contributed by atoms with E-state index in [1.807, 2.05) is 5.32 Å². The summed E-state index contributed by atoms with van der Waals surface area (Å²) in [5.41, 5.74) is 0.686. The fourth-order valence-electron chi connectivity index (χ4n) is 2.45. The van der Waals surface area contributed by atoms with Gasteiger partial charge in [-0.15, -0.1) is 0 Å². The van der Waals surface area contributed by atoms with Crippen molar-refractivity contribution in [2.75, 3.05) is 18.6 Å². The van der Waals surface area contributed by atoms with Gasteiger partial charge in [0.2, 0.25) is 0 Å². The molecule has 0 saturated heterocycles. The molecular weight excluding hydrogens is 442 g/mol. The number of hydrogen-bond acceptors (Lipinski definition) is 3. The number of ether oxygens (including phenoxy) is 1. The zero-order valence-corrected chi connectivity index (χ0v) is 17.6. The van der Waals surface area contributed by atoms with Crippen LogP contribution in [0.4, 0.5) is 28.0 Å². The lowest BCUT2D eigenvalue weighted by atomic mass is 10.1. The number of nitrogens with one attached hydrogen (secondary N) is 2. The number of nitrogens with zero attached hydrogens (tertiary/aromatic N) is 1. The number of carbonyl (C=O) groups excluding carboxylic acids is 2. The van der Waals surface area contributed by atoms with E-state index in [1.165, 1.54) is 18.2 Å². The molecule has 31 heavy (non-hydrogen) atoms. The summed E-state index contributed by atoms with van der Waals surface area (Å²) in [6.07, 6.45) is 0. The monoisotopic (exact) mass is 461 g/mol. The third kappa shape index (κ3) is 6.48. The number of alkyl halides is 1. The molecule has 0 saturated carbocycles. The van der Waals surface area contributed by atoms with Crippen LogP contribution in [0.15, 0.2) is 30.3 Å². The van der Waals surface area contributed by atoms with Gasteiger partial charge in [0.15, 0.2) is 11.6 Å². The first-order valence-corrected chi connectivity index (χ1v) is 9.36. The maximum atomic E-state index is 13.8. The molecule has 0 aliphatic rings. The lowest BCUT2D eigenvalue weighted by Gasteiger charge is -2.35. The van der Waals surface area contributed by atoms with Crippen LogP contribution >= 0.6 is 11.6 Å². The fraction of sp³-hybridized carbons (Fsp3) is 0.300. The van der Waals surface area contributed by atoms with Gasteiger partial charge in [0, 0.05) is 22.7 Å². The van der Waals surface area contributed by atoms with Crippen LogP contribution in [0.5, 0.6) is 5.75 Å². The molecular formula is C20H20ClF4N3O3. The van der Waals surface area contributed by atoms with E-state index in [2.05, 4.69) is 5.43 Å². The van der Waals surface area contributed by atoms with Gasteiger partial charge in [0.25, 0.3) is 5.91 Å². The molecule has 0 aromatic heterocycles. The van der Waals surface area contributed by atoms with Gasteiger partial charge in [0.05, 0.1) is 11.2 Å². The number of amides is 3. The van der Waals surface area contributed by atoms with E-state index < -0.39 is 47.3 Å². The summed E-state index contributed by atoms with van der Waals surface area (Å²) < 4.78 is 57.7. The van der Waals surface area contributed by atoms with Gasteiger partial charge >= 0.3 is 6.03 Å². The number of benzene rings is 2. The van der Waals surface area contributed by atoms with Crippen molar-refractivity contribution >= 4 is 29.2 Å². The molecule has 0 fully saturated rings. The smallest absolute Gasteiger partial charge is 0.338 e. The molecule has 0 heterocycles. The molecule has 0 unspecified atom stereocenters. The van der Waals surface area contributed by atoms with Crippen LogP contribution in [0.2, 0.25) is 5.02 Å². The van der Waals surface area contributed by atoms with Gasteiger partial charge in [-0.3, -0.25) is 4.79 Å². The maximum Gasteiger partial charge on any atom is 0.338 e. The minimum Gasteiger partial charge on any atom is -0.491 e. The standard InChI is InChI=1S/C20H20ClF4N3O3/c1-20(2,3)28(18(29)11-6-12(21)8-13(7-11)31-5-4-22)27-19(30)26-17-10-15(24)14(23)9-16(17)25/h6-10H,4-5H2,1-3H3,(H2,26,27,30). The molecule has 11 heteroatoms. The zero-order chi connectivity index (χ0) is 23.3. The lowest BCUT2D eigenvalue weighted by molar-refractivity contribution is 0.0460. The highest BCUT2D eigenvalue weighted by atomic mass is 35.5. The van der Waals surface area contributed by atoms with Crippen molar-refractivity contribution in [1.29, 1.82) is 0 Å². The van der Waals surface area contributed by atoms with Gasteiger partial charge < -0.3 is 10.1 Å². The number of halogens is 5. The first-order valence-electron chi connectivity index (χ1n) is 8.98. The van der Waals surface area contributed by atoms with E-state index in [1.54, 1.807) is 20.8 Å². The molecule has 0 aliphatic heterocycles. The molecule has 0 bridgehead atoms. The second-order valence-corrected chi connectivity index (χ2v) is 7.77. The topological polar surface area (TPSA) is 70.7 Å². The first kappa shape index (κ1) is 24.3. The summed E-state index contributed by atoms with van der Waals surface area (Å²) in [7, 11) is 0. The van der Waals surface area contributed by atoms with Crippen molar-refractivity contribution in [3.63, 3.8) is 0 Å². The highest BCUT2D eigenvalue weighted by molar-refractivity contribution is 6.31. The molecule has 2 rings (SSSR count). The number of hydrogen-bond donors (Lipinski definition) is 2. The van der Waals surface area contributed by atoms with Crippen LogP contribution in [0.3, 0.4) is 0 Å². The molecule has 2 aromatic rings. The third-order valence-corrected chi connectivity index (χ3v) is 4.03. The van der Waals surface area contributed by atoms with Crippen LogP contribution in [-0.2, 0) is 0 Å². The van der Waals surface area contributed by atoms with E-state index in [0.717, 1.165) is 5.01 Å². The van der Waals surface area contributed by atoms with Gasteiger partial charge in [-0.25, -0.2) is 32.8 Å². The Morgan fingerprint density at radius 1 is 1.03 bits per heavy atom. The molecule has 2 aromatic carbocycles. The molecule has 3 amide bonds. The van der Waals surface area contributed by atoms with Crippen LogP contribution in [-0.4, -0.2) is 35.8 Å². The van der Waals surface area contributed by atoms with Crippen LogP contribution in [0.1, 0.15) is 31.1 Å². The Morgan fingerprint density at radius 3 is 2.29 bits per heavy atom. The second kappa shape index (κ2) is 9.86. The molecule has 168 valence electrons. The van der Waals surface area contributed by atoms with Crippen molar-refractivity contribution < 1.29 is 31.9 Å². The normalized spacial score (nSPS) is 11.1. The number of anilines is 1. The van der Waals surface area contributed by atoms with Crippen LogP contribution in [0, 0.1) is 17.5 Å². The van der Waals surface area contributed by atoms with Gasteiger partial charge in [-0.1, -0.05) is 11.6 Å². The molecule has 6 nitrogen and oxygen atoms in total. The predicted octanol–water partition coefficient (Wildman–Crippen LogP) is 5.08. The molecule has 0 spiro atoms. The minimum absolute atomic E-state index is 0.0237. The Bertz CT molecular complexity index is 983. The van der Waals surface area contributed by atoms with E-state index in [9.17, 15) is 27.2 Å². The second-order valence-electron chi connectivity index (χ2n) is 7.34. The van der Waals surface area contributed by atoms with E-state index in [-0.39, 0.29) is 29.0 Å². The van der Waals surface area contributed by atoms with Crippen molar-refractivity contribution in [3.8, 4) is 5.75 Å². The molecule has 2 N–H and O–H groups in total. The van der Waals surface area contributed by atoms with Crippen molar-refractivity contribution in [1.82, 2.24) is 10.4 Å². The summed E-state index contributed by atoms with van der Waals surface area (Å²) in [6, 6.07) is 3.70. The van der Waals surface area contributed by atoms with Gasteiger partial charge in [0.1, 0.15) is 24.8 Å². The van der Waals surface area contributed by atoms with Gasteiger partial charge in [-0.05, 0) is 39.0 Å². The number of hydrazine groups is 1. The van der Waals surface area contributed by atoms with Crippen LogP contribution in [0.25, 0.3) is 0 Å². The Kier molecular flexibility index (Phi) is 7.72. The largest absolute Gasteiger partial charge is 0.491 e. The first-order chi connectivity index (χ1) is 14.4. The highest BCUT2D eigenvalue weighted by Gasteiger charge is 2.30. The number of urea groups is 1. The summed E-state index contributed by atoms with van der Waals surface area (Å²) >= 11 is 6.00. The summed E-state index contributed by atoms with van der Waals surface area (Å²) in [6.45, 7) is 3.83. The Balaban J connectivity index is 2.26. The lowest BCUT2D eigenvalue weighted by Crippen LogP contribution is -2.56. The number of carbonyl (C=O) groups is 2. The molecule has 0 atom stereocenters. The average molecular weight is 462 g/mol. The minimum atomic E-state index is -1.42. The van der Waals surface area contributed by atoms with Crippen molar-refractivity contribution in [3.05, 3.63) is 58.4 Å². The highest BCUT2D eigenvalue weighted by Crippen LogP contribution is 2.24. The molecule has 0 aliphatic carbocycles. The third-order valence-electron chi connectivity index (χ3n) is 3.81. The Labute approximate surface area is 181 Å². The van der Waals surface area contributed by atoms with Gasteiger partial charge in [-0.2, -0.15) is 0 Å². The number of rotatable bonds is 5. The zero-order valence-electron chi connectivity index (χ0n) is 16.9. The van der Waals surface area contributed by atoms with E-state index in [4.69, 9.17) is 16.3 Å².